The van der Waals surface area contributed by atoms with E-state index in [4.69, 9.17) is 4.74 Å². The maximum atomic E-state index is 14.1. The number of rotatable bonds is 3. The Kier molecular flexibility index (Phi) is 4.72. The smallest absolute Gasteiger partial charge is 0.166 e. The molecule has 2 heterocycles. The molecule has 4 rings (SSSR count). The van der Waals surface area contributed by atoms with Gasteiger partial charge < -0.3 is 19.3 Å². The average Bonchev–Trinajstić information content (AvgIpc) is 2.64. The quantitative estimate of drug-likeness (QED) is 0.848. The molecule has 0 aliphatic carbocycles. The first-order valence-corrected chi connectivity index (χ1v) is 9.43. The zero-order valence-corrected chi connectivity index (χ0v) is 15.1. The Morgan fingerprint density at radius 1 is 1.08 bits per heavy atom. The summed E-state index contributed by atoms with van der Waals surface area (Å²) in [6.07, 6.45) is 0. The van der Waals surface area contributed by atoms with Crippen LogP contribution < -0.4 is 19.3 Å². The number of halogens is 1. The van der Waals surface area contributed by atoms with Gasteiger partial charge in [-0.1, -0.05) is 12.1 Å². The van der Waals surface area contributed by atoms with E-state index in [-0.39, 0.29) is 5.82 Å². The molecule has 0 unspecified atom stereocenters. The molecule has 0 atom stereocenters. The van der Waals surface area contributed by atoms with Gasteiger partial charge in [-0.3, -0.25) is 0 Å². The molecule has 2 aliphatic heterocycles. The molecule has 0 spiro atoms. The summed E-state index contributed by atoms with van der Waals surface area (Å²) in [6, 6.07) is 11.2. The van der Waals surface area contributed by atoms with Crippen molar-refractivity contribution in [2.75, 3.05) is 48.5 Å². The molecule has 0 amide bonds. The van der Waals surface area contributed by atoms with E-state index in [1.54, 1.807) is 6.07 Å². The molecule has 2 aromatic carbocycles. The number of nitrogens with zero attached hydrogens (tertiary/aromatic N) is 2. The maximum Gasteiger partial charge on any atom is 0.166 e. The highest BCUT2D eigenvalue weighted by Gasteiger charge is 2.26. The zero-order valence-electron chi connectivity index (χ0n) is 14.3. The number of hydrogen-bond acceptors (Lipinski definition) is 5. The van der Waals surface area contributed by atoms with Crippen molar-refractivity contribution in [2.45, 2.75) is 11.8 Å². The van der Waals surface area contributed by atoms with Gasteiger partial charge in [0.25, 0.3) is 0 Å². The van der Waals surface area contributed by atoms with Crippen LogP contribution in [0.2, 0.25) is 0 Å². The van der Waals surface area contributed by atoms with Gasteiger partial charge in [0, 0.05) is 26.2 Å². The minimum atomic E-state index is -0.185. The predicted octanol–water partition coefficient (Wildman–Crippen LogP) is 3.45. The largest absolute Gasteiger partial charge is 0.487 e. The Labute approximate surface area is 152 Å². The Balaban J connectivity index is 1.69. The molecule has 132 valence electrons. The first-order chi connectivity index (χ1) is 12.2. The van der Waals surface area contributed by atoms with E-state index in [0.717, 1.165) is 49.8 Å². The van der Waals surface area contributed by atoms with E-state index in [9.17, 15) is 4.39 Å². The van der Waals surface area contributed by atoms with Gasteiger partial charge in [-0.05, 0) is 48.7 Å². The third-order valence-electron chi connectivity index (χ3n) is 4.51. The van der Waals surface area contributed by atoms with Crippen LogP contribution >= 0.6 is 11.9 Å². The van der Waals surface area contributed by atoms with Gasteiger partial charge in [-0.25, -0.2) is 4.39 Å². The van der Waals surface area contributed by atoms with Gasteiger partial charge in [-0.15, -0.1) is 0 Å². The number of hydrogen-bond donors (Lipinski definition) is 1. The van der Waals surface area contributed by atoms with Crippen LogP contribution in [0.1, 0.15) is 5.56 Å². The van der Waals surface area contributed by atoms with Crippen LogP contribution in [-0.2, 0) is 0 Å². The molecule has 1 fully saturated rings. The van der Waals surface area contributed by atoms with Crippen LogP contribution in [0.15, 0.2) is 41.3 Å². The molecule has 2 aromatic rings. The molecule has 25 heavy (non-hydrogen) atoms. The lowest BCUT2D eigenvalue weighted by Crippen LogP contribution is -2.44. The van der Waals surface area contributed by atoms with Gasteiger partial charge >= 0.3 is 0 Å². The lowest BCUT2D eigenvalue weighted by atomic mass is 10.1. The molecule has 2 aliphatic rings. The number of fused-ring (bicyclic) bond motifs is 1. The highest BCUT2D eigenvalue weighted by molar-refractivity contribution is 8.00. The molecular formula is C19H22FN3OS. The van der Waals surface area contributed by atoms with Gasteiger partial charge in [0.05, 0.1) is 22.8 Å². The van der Waals surface area contributed by atoms with E-state index in [1.165, 1.54) is 23.6 Å². The second-order valence-corrected chi connectivity index (χ2v) is 7.40. The monoisotopic (exact) mass is 359 g/mol. The topological polar surface area (TPSA) is 27.7 Å². The van der Waals surface area contributed by atoms with Gasteiger partial charge in [-0.2, -0.15) is 0 Å². The van der Waals surface area contributed by atoms with E-state index in [1.807, 2.05) is 12.1 Å². The number of piperazine rings is 1. The van der Waals surface area contributed by atoms with Crippen molar-refractivity contribution in [1.29, 1.82) is 0 Å². The summed E-state index contributed by atoms with van der Waals surface area (Å²) in [7, 11) is 0. The van der Waals surface area contributed by atoms with E-state index in [2.05, 4.69) is 33.6 Å². The van der Waals surface area contributed by atoms with E-state index < -0.39 is 0 Å². The van der Waals surface area contributed by atoms with Crippen molar-refractivity contribution < 1.29 is 9.13 Å². The van der Waals surface area contributed by atoms with Crippen LogP contribution in [-0.4, -0.2) is 39.3 Å². The first kappa shape index (κ1) is 16.5. The molecule has 4 nitrogen and oxygen atoms in total. The molecule has 0 radical (unpaired) electrons. The zero-order chi connectivity index (χ0) is 17.2. The summed E-state index contributed by atoms with van der Waals surface area (Å²) in [4.78, 5) is 3.01. The highest BCUT2D eigenvalue weighted by atomic mass is 32.2. The van der Waals surface area contributed by atoms with Gasteiger partial charge in [0.15, 0.2) is 5.75 Å². The van der Waals surface area contributed by atoms with Crippen molar-refractivity contribution in [1.82, 2.24) is 5.32 Å². The minimum absolute atomic E-state index is 0.185. The number of aryl methyl sites for hydroxylation is 1. The summed E-state index contributed by atoms with van der Waals surface area (Å²) in [5.74, 6) is 0.734. The third-order valence-corrected chi connectivity index (χ3v) is 5.63. The van der Waals surface area contributed by atoms with Crippen molar-refractivity contribution in [2.24, 2.45) is 0 Å². The standard InChI is InChI=1S/C19H22FN3OS/c1-14-12-16(22-8-6-21-7-9-22)19-17(13-14)23(10-11-24-19)25-18-5-3-2-4-15(18)20/h2-5,12-13,21H,6-11H2,1H3. The van der Waals surface area contributed by atoms with E-state index in [0.29, 0.717) is 11.5 Å². The van der Waals surface area contributed by atoms with Crippen LogP contribution in [0.25, 0.3) is 0 Å². The molecule has 6 heteroatoms. The summed E-state index contributed by atoms with van der Waals surface area (Å²) in [6.45, 7) is 7.35. The Bertz CT molecular complexity index is 764. The van der Waals surface area contributed by atoms with E-state index >= 15 is 0 Å². The second-order valence-electron chi connectivity index (χ2n) is 6.34. The SMILES string of the molecule is Cc1cc(N2CCNCC2)c2c(c1)N(Sc1ccccc1F)CCO2. The summed E-state index contributed by atoms with van der Waals surface area (Å²) in [5, 5.41) is 3.39. The van der Waals surface area contributed by atoms with Crippen LogP contribution in [0.3, 0.4) is 0 Å². The van der Waals surface area contributed by atoms with Crippen molar-refractivity contribution >= 4 is 23.3 Å². The predicted molar refractivity (Wildman–Crippen MR) is 101 cm³/mol. The lowest BCUT2D eigenvalue weighted by Gasteiger charge is -2.36. The van der Waals surface area contributed by atoms with Crippen LogP contribution in [0.5, 0.6) is 5.75 Å². The number of anilines is 2. The van der Waals surface area contributed by atoms with Crippen molar-refractivity contribution in [3.8, 4) is 5.75 Å². The van der Waals surface area contributed by atoms with Crippen LogP contribution in [0, 0.1) is 12.7 Å². The Hall–Kier alpha value is -1.92. The molecule has 1 saturated heterocycles. The third kappa shape index (κ3) is 3.41. The summed E-state index contributed by atoms with van der Waals surface area (Å²) < 4.78 is 22.3. The van der Waals surface area contributed by atoms with Crippen LogP contribution in [0.4, 0.5) is 15.8 Å². The first-order valence-electron chi connectivity index (χ1n) is 8.65. The fourth-order valence-electron chi connectivity index (χ4n) is 3.29. The highest BCUT2D eigenvalue weighted by Crippen LogP contribution is 2.45. The van der Waals surface area contributed by atoms with Gasteiger partial charge in [0.1, 0.15) is 12.4 Å². The Morgan fingerprint density at radius 3 is 2.64 bits per heavy atom. The molecule has 1 N–H and O–H groups in total. The van der Waals surface area contributed by atoms with Crippen molar-refractivity contribution in [3.05, 3.63) is 47.8 Å². The molecular weight excluding hydrogens is 337 g/mol. The number of nitrogens with one attached hydrogen (secondary N) is 1. The molecule has 0 bridgehead atoms. The lowest BCUT2D eigenvalue weighted by molar-refractivity contribution is 0.317. The summed E-state index contributed by atoms with van der Waals surface area (Å²) in [5.41, 5.74) is 3.38. The fourth-order valence-corrected chi connectivity index (χ4v) is 4.22. The summed E-state index contributed by atoms with van der Waals surface area (Å²) >= 11 is 1.45. The maximum absolute atomic E-state index is 14.1. The molecule has 0 aromatic heterocycles. The normalized spacial score (nSPS) is 17.2. The fraction of sp³-hybridized carbons (Fsp3) is 0.368. The average molecular weight is 359 g/mol. The number of ether oxygens (including phenoxy) is 1. The number of benzene rings is 2. The Morgan fingerprint density at radius 2 is 1.84 bits per heavy atom. The molecule has 0 saturated carbocycles. The van der Waals surface area contributed by atoms with Crippen molar-refractivity contribution in [3.63, 3.8) is 0 Å². The minimum Gasteiger partial charge on any atom is -0.487 e. The second kappa shape index (κ2) is 7.14. The van der Waals surface area contributed by atoms with Gasteiger partial charge in [0.2, 0.25) is 0 Å².